The molecule has 1 aliphatic carbocycles. The van der Waals surface area contributed by atoms with Crippen molar-refractivity contribution in [3.05, 3.63) is 58.1 Å². The minimum atomic E-state index is -0.872. The first-order valence-corrected chi connectivity index (χ1v) is 7.33. The van der Waals surface area contributed by atoms with E-state index in [1.54, 1.807) is 6.07 Å². The third-order valence-corrected chi connectivity index (χ3v) is 4.29. The lowest BCUT2D eigenvalue weighted by Gasteiger charge is -2.15. The number of hydrogen-bond donors (Lipinski definition) is 1. The average Bonchev–Trinajstić information content (AvgIpc) is 2.94. The van der Waals surface area contributed by atoms with E-state index in [9.17, 15) is 9.90 Å². The Bertz CT molecular complexity index is 688. The fourth-order valence-electron chi connectivity index (χ4n) is 2.87. The molecule has 0 amide bonds. The van der Waals surface area contributed by atoms with Gasteiger partial charge in [-0.25, -0.2) is 9.97 Å². The molecule has 1 unspecified atom stereocenters. The Hall–Kier alpha value is -1.94. The molecule has 1 atom stereocenters. The Balaban J connectivity index is 1.98. The molecule has 1 aliphatic rings. The number of nitrogens with zero attached hydrogens (tertiary/aromatic N) is 2. The summed E-state index contributed by atoms with van der Waals surface area (Å²) in [6, 6.07) is 7.34. The van der Waals surface area contributed by atoms with Gasteiger partial charge in [0.15, 0.2) is 0 Å². The van der Waals surface area contributed by atoms with Crippen molar-refractivity contribution in [3.8, 4) is 0 Å². The van der Waals surface area contributed by atoms with Gasteiger partial charge in [-0.15, -0.1) is 0 Å². The molecule has 1 aromatic heterocycles. The molecule has 5 heteroatoms. The molecule has 0 spiro atoms. The van der Waals surface area contributed by atoms with Crippen molar-refractivity contribution in [2.45, 2.75) is 31.6 Å². The molecule has 0 bridgehead atoms. The fourth-order valence-corrected chi connectivity index (χ4v) is 3.08. The van der Waals surface area contributed by atoms with Gasteiger partial charge in [0.25, 0.3) is 0 Å². The summed E-state index contributed by atoms with van der Waals surface area (Å²) in [6.45, 7) is 0. The van der Waals surface area contributed by atoms with Crippen LogP contribution in [0.15, 0.2) is 30.6 Å². The second-order valence-electron chi connectivity index (χ2n) is 5.22. The molecular weight excluding hydrogens is 288 g/mol. The first-order valence-electron chi connectivity index (χ1n) is 6.95. The van der Waals surface area contributed by atoms with Crippen molar-refractivity contribution >= 4 is 17.6 Å². The zero-order valence-electron chi connectivity index (χ0n) is 11.4. The number of rotatable bonds is 4. The first kappa shape index (κ1) is 14.0. The molecule has 1 N–H and O–H groups in total. The summed E-state index contributed by atoms with van der Waals surface area (Å²) in [7, 11) is 0. The second kappa shape index (κ2) is 5.82. The highest BCUT2D eigenvalue weighted by molar-refractivity contribution is 6.31. The zero-order chi connectivity index (χ0) is 14.8. The highest BCUT2D eigenvalue weighted by Gasteiger charge is 2.28. The highest BCUT2D eigenvalue weighted by Crippen LogP contribution is 2.30. The average molecular weight is 303 g/mol. The van der Waals surface area contributed by atoms with Crippen LogP contribution in [0.3, 0.4) is 0 Å². The van der Waals surface area contributed by atoms with Gasteiger partial charge in [0.1, 0.15) is 12.2 Å². The zero-order valence-corrected chi connectivity index (χ0v) is 12.2. The lowest BCUT2D eigenvalue weighted by atomic mass is 9.92. The molecular formula is C16H15ClN2O2. The number of carbonyl (C=O) groups is 1. The Morgan fingerprint density at radius 2 is 2.10 bits per heavy atom. The maximum Gasteiger partial charge on any atom is 0.312 e. The van der Waals surface area contributed by atoms with Crippen molar-refractivity contribution in [1.29, 1.82) is 0 Å². The number of fused-ring (bicyclic) bond motifs is 1. The monoisotopic (exact) mass is 302 g/mol. The summed E-state index contributed by atoms with van der Waals surface area (Å²) in [5.41, 5.74) is 3.48. The minimum Gasteiger partial charge on any atom is -0.481 e. The van der Waals surface area contributed by atoms with Gasteiger partial charge in [0.2, 0.25) is 0 Å². The van der Waals surface area contributed by atoms with Gasteiger partial charge in [0.05, 0.1) is 5.69 Å². The van der Waals surface area contributed by atoms with E-state index in [2.05, 4.69) is 9.97 Å². The Morgan fingerprint density at radius 1 is 1.29 bits per heavy atom. The van der Waals surface area contributed by atoms with Crippen LogP contribution in [0, 0.1) is 0 Å². The summed E-state index contributed by atoms with van der Waals surface area (Å²) < 4.78 is 0. The van der Waals surface area contributed by atoms with E-state index >= 15 is 0 Å². The first-order chi connectivity index (χ1) is 10.2. The van der Waals surface area contributed by atoms with Crippen LogP contribution in [0.5, 0.6) is 0 Å². The fraction of sp³-hybridized carbons (Fsp3) is 0.312. The van der Waals surface area contributed by atoms with Crippen molar-refractivity contribution < 1.29 is 9.90 Å². The Labute approximate surface area is 127 Å². The van der Waals surface area contributed by atoms with Gasteiger partial charge >= 0.3 is 5.97 Å². The van der Waals surface area contributed by atoms with Gasteiger partial charge in [-0.2, -0.15) is 0 Å². The van der Waals surface area contributed by atoms with Crippen molar-refractivity contribution in [3.63, 3.8) is 0 Å². The van der Waals surface area contributed by atoms with Crippen LogP contribution >= 0.6 is 11.6 Å². The standard InChI is InChI=1S/C16H15ClN2O2/c17-13-6-2-1-4-10(13)8-12(16(20)21)15-11-5-3-7-14(11)18-9-19-15/h1-2,4,6,9,12H,3,5,7-8H2,(H,20,21). The topological polar surface area (TPSA) is 63.1 Å². The molecule has 4 nitrogen and oxygen atoms in total. The lowest BCUT2D eigenvalue weighted by molar-refractivity contribution is -0.138. The SMILES string of the molecule is O=C(O)C(Cc1ccccc1Cl)c1ncnc2c1CCC2. The van der Waals surface area contributed by atoms with Gasteiger partial charge in [-0.1, -0.05) is 29.8 Å². The van der Waals surface area contributed by atoms with E-state index in [1.165, 1.54) is 6.33 Å². The molecule has 0 radical (unpaired) electrons. The van der Waals surface area contributed by atoms with Crippen molar-refractivity contribution in [2.75, 3.05) is 0 Å². The molecule has 2 aromatic rings. The van der Waals surface area contributed by atoms with Gasteiger partial charge in [-0.05, 0) is 42.9 Å². The summed E-state index contributed by atoms with van der Waals surface area (Å²) in [5, 5.41) is 10.2. The van der Waals surface area contributed by atoms with Crippen LogP contribution in [0.25, 0.3) is 0 Å². The molecule has 1 aromatic carbocycles. The molecule has 108 valence electrons. The Kier molecular flexibility index (Phi) is 3.88. The molecule has 0 fully saturated rings. The number of benzene rings is 1. The van der Waals surface area contributed by atoms with Crippen LogP contribution < -0.4 is 0 Å². The quantitative estimate of drug-likeness (QED) is 0.943. The number of carboxylic acid groups (broad SMARTS) is 1. The van der Waals surface area contributed by atoms with E-state index in [4.69, 9.17) is 11.6 Å². The number of aryl methyl sites for hydroxylation is 1. The summed E-state index contributed by atoms with van der Waals surface area (Å²) in [4.78, 5) is 20.2. The largest absolute Gasteiger partial charge is 0.481 e. The van der Waals surface area contributed by atoms with E-state index in [1.807, 2.05) is 18.2 Å². The maximum atomic E-state index is 11.7. The van der Waals surface area contributed by atoms with E-state index < -0.39 is 11.9 Å². The van der Waals surface area contributed by atoms with Gasteiger partial charge in [-0.3, -0.25) is 4.79 Å². The smallest absolute Gasteiger partial charge is 0.312 e. The van der Waals surface area contributed by atoms with Crippen LogP contribution in [-0.4, -0.2) is 21.0 Å². The van der Waals surface area contributed by atoms with Gasteiger partial charge in [0, 0.05) is 10.7 Å². The number of aliphatic carboxylic acids is 1. The van der Waals surface area contributed by atoms with Crippen molar-refractivity contribution in [1.82, 2.24) is 9.97 Å². The molecule has 0 aliphatic heterocycles. The Morgan fingerprint density at radius 3 is 2.86 bits per heavy atom. The second-order valence-corrected chi connectivity index (χ2v) is 5.63. The molecule has 1 heterocycles. The van der Waals surface area contributed by atoms with Gasteiger partial charge < -0.3 is 5.11 Å². The van der Waals surface area contributed by atoms with E-state index in [0.717, 1.165) is 36.1 Å². The number of aromatic nitrogens is 2. The lowest BCUT2D eigenvalue weighted by Crippen LogP contribution is -2.18. The van der Waals surface area contributed by atoms with E-state index in [-0.39, 0.29) is 0 Å². The third kappa shape index (κ3) is 2.76. The predicted octanol–water partition coefficient (Wildman–Crippen LogP) is 3.03. The minimum absolute atomic E-state index is 0.346. The summed E-state index contributed by atoms with van der Waals surface area (Å²) in [6.07, 6.45) is 4.60. The number of halogens is 1. The molecule has 3 rings (SSSR count). The molecule has 0 saturated carbocycles. The van der Waals surface area contributed by atoms with Crippen LogP contribution in [0.4, 0.5) is 0 Å². The third-order valence-electron chi connectivity index (χ3n) is 3.92. The van der Waals surface area contributed by atoms with Crippen LogP contribution in [0.1, 0.15) is 34.9 Å². The normalized spacial score (nSPS) is 14.7. The summed E-state index contributed by atoms with van der Waals surface area (Å²) >= 11 is 6.15. The number of carboxylic acids is 1. The predicted molar refractivity (Wildman–Crippen MR) is 79.6 cm³/mol. The van der Waals surface area contributed by atoms with E-state index in [0.29, 0.717) is 17.1 Å². The summed E-state index contributed by atoms with van der Waals surface area (Å²) in [5.74, 6) is -1.55. The van der Waals surface area contributed by atoms with Crippen molar-refractivity contribution in [2.24, 2.45) is 0 Å². The molecule has 21 heavy (non-hydrogen) atoms. The maximum absolute atomic E-state index is 11.7. The van der Waals surface area contributed by atoms with Crippen LogP contribution in [-0.2, 0) is 24.1 Å². The van der Waals surface area contributed by atoms with Crippen LogP contribution in [0.2, 0.25) is 5.02 Å². The molecule has 0 saturated heterocycles. The number of hydrogen-bond acceptors (Lipinski definition) is 3. The highest BCUT2D eigenvalue weighted by atomic mass is 35.5.